The number of hydrogen-bond acceptors (Lipinski definition) is 3. The summed E-state index contributed by atoms with van der Waals surface area (Å²) in [6.45, 7) is 4.11. The summed E-state index contributed by atoms with van der Waals surface area (Å²) in [7, 11) is 0. The first-order valence-corrected chi connectivity index (χ1v) is 8.45. The maximum atomic E-state index is 6.27. The zero-order chi connectivity index (χ0) is 14.0. The van der Waals surface area contributed by atoms with E-state index < -0.39 is 0 Å². The minimum atomic E-state index is -0.149. The van der Waals surface area contributed by atoms with E-state index in [2.05, 4.69) is 27.7 Å². The average Bonchev–Trinajstić information content (AvgIpc) is 2.74. The first kappa shape index (κ1) is 14.9. The van der Waals surface area contributed by atoms with E-state index in [9.17, 15) is 0 Å². The van der Waals surface area contributed by atoms with Gasteiger partial charge >= 0.3 is 0 Å². The summed E-state index contributed by atoms with van der Waals surface area (Å²) >= 11 is 14.1. The average molecular weight is 318 g/mol. The van der Waals surface area contributed by atoms with Crippen LogP contribution in [0.2, 0.25) is 5.02 Å². The maximum Gasteiger partial charge on any atom is 0.160 e. The van der Waals surface area contributed by atoms with Gasteiger partial charge in [0.25, 0.3) is 0 Å². The number of alkyl halides is 1. The van der Waals surface area contributed by atoms with Crippen molar-refractivity contribution in [1.29, 1.82) is 0 Å². The summed E-state index contributed by atoms with van der Waals surface area (Å²) in [5.74, 6) is 1.88. The van der Waals surface area contributed by atoms with Gasteiger partial charge in [-0.25, -0.2) is 9.97 Å². The Morgan fingerprint density at radius 2 is 2.21 bits per heavy atom. The summed E-state index contributed by atoms with van der Waals surface area (Å²) in [5, 5.41) is 0.452. The Bertz CT molecular complexity index is 568. The van der Waals surface area contributed by atoms with E-state index in [0.717, 1.165) is 29.2 Å². The molecule has 0 fully saturated rings. The highest BCUT2D eigenvalue weighted by molar-refractivity contribution is 7.98. The largest absolute Gasteiger partial charge is 0.308 e. The number of aromatic nitrogens is 3. The van der Waals surface area contributed by atoms with E-state index in [1.165, 1.54) is 0 Å². The zero-order valence-corrected chi connectivity index (χ0v) is 13.6. The molecule has 0 aliphatic rings. The lowest BCUT2D eigenvalue weighted by molar-refractivity contribution is 0.527. The molecule has 0 radical (unpaired) electrons. The highest BCUT2D eigenvalue weighted by atomic mass is 35.5. The minimum absolute atomic E-state index is 0.149. The van der Waals surface area contributed by atoms with E-state index in [1.54, 1.807) is 6.20 Å². The van der Waals surface area contributed by atoms with Crippen LogP contribution >= 0.6 is 35.0 Å². The molecule has 3 nitrogen and oxygen atoms in total. The van der Waals surface area contributed by atoms with Gasteiger partial charge in [0.15, 0.2) is 5.65 Å². The fraction of sp³-hybridized carbons (Fsp3) is 0.538. The number of fused-ring (bicyclic) bond motifs is 1. The molecule has 0 spiro atoms. The summed E-state index contributed by atoms with van der Waals surface area (Å²) in [6.07, 6.45) is 4.79. The van der Waals surface area contributed by atoms with Crippen LogP contribution in [-0.2, 0) is 0 Å². The van der Waals surface area contributed by atoms with E-state index in [1.807, 2.05) is 24.8 Å². The van der Waals surface area contributed by atoms with Gasteiger partial charge in [0.1, 0.15) is 11.3 Å². The van der Waals surface area contributed by atoms with E-state index in [0.29, 0.717) is 11.1 Å². The van der Waals surface area contributed by atoms with Gasteiger partial charge in [-0.2, -0.15) is 11.8 Å². The lowest BCUT2D eigenvalue weighted by Gasteiger charge is -2.19. The van der Waals surface area contributed by atoms with Crippen molar-refractivity contribution in [3.05, 3.63) is 23.1 Å². The lowest BCUT2D eigenvalue weighted by atomic mass is 10.2. The van der Waals surface area contributed by atoms with Crippen LogP contribution in [0.1, 0.15) is 37.5 Å². The first-order chi connectivity index (χ1) is 9.08. The molecule has 104 valence electrons. The topological polar surface area (TPSA) is 30.7 Å². The van der Waals surface area contributed by atoms with Crippen molar-refractivity contribution < 1.29 is 0 Å². The minimum Gasteiger partial charge on any atom is -0.308 e. The second-order valence-electron chi connectivity index (χ2n) is 4.47. The fourth-order valence-corrected chi connectivity index (χ4v) is 3.26. The van der Waals surface area contributed by atoms with Crippen molar-refractivity contribution >= 4 is 46.1 Å². The molecular weight excluding hydrogens is 301 g/mol. The Balaban J connectivity index is 2.63. The Hall–Kier alpha value is -0.450. The third-order valence-corrected chi connectivity index (χ3v) is 4.20. The summed E-state index contributed by atoms with van der Waals surface area (Å²) in [6, 6.07) is 2.19. The van der Waals surface area contributed by atoms with Crippen molar-refractivity contribution in [2.75, 3.05) is 12.0 Å². The number of rotatable bonds is 5. The fourth-order valence-electron chi connectivity index (χ4n) is 2.18. The van der Waals surface area contributed by atoms with Gasteiger partial charge in [-0.1, -0.05) is 18.5 Å². The Kier molecular flexibility index (Phi) is 4.98. The van der Waals surface area contributed by atoms with Crippen molar-refractivity contribution in [3.8, 4) is 0 Å². The Labute approximate surface area is 127 Å². The van der Waals surface area contributed by atoms with Gasteiger partial charge in [0.05, 0.1) is 10.4 Å². The maximum absolute atomic E-state index is 6.27. The van der Waals surface area contributed by atoms with Crippen LogP contribution in [0.25, 0.3) is 11.2 Å². The van der Waals surface area contributed by atoms with Gasteiger partial charge in [-0.05, 0) is 25.7 Å². The van der Waals surface area contributed by atoms with Crippen LogP contribution in [0.4, 0.5) is 0 Å². The summed E-state index contributed by atoms with van der Waals surface area (Å²) < 4.78 is 2.17. The predicted molar refractivity (Wildman–Crippen MR) is 84.5 cm³/mol. The van der Waals surface area contributed by atoms with Crippen LogP contribution in [-0.4, -0.2) is 26.5 Å². The van der Waals surface area contributed by atoms with Gasteiger partial charge in [-0.3, -0.25) is 0 Å². The molecule has 2 aromatic heterocycles. The van der Waals surface area contributed by atoms with Crippen molar-refractivity contribution in [2.45, 2.75) is 31.7 Å². The molecule has 0 saturated heterocycles. The molecule has 6 heteroatoms. The number of nitrogens with zero attached hydrogens (tertiary/aromatic N) is 3. The zero-order valence-electron chi connectivity index (χ0n) is 11.2. The third-order valence-electron chi connectivity index (χ3n) is 3.08. The molecule has 2 unspecified atom stereocenters. The summed E-state index contributed by atoms with van der Waals surface area (Å²) in [4.78, 5) is 9.03. The van der Waals surface area contributed by atoms with E-state index >= 15 is 0 Å². The normalized spacial score (nSPS) is 14.8. The van der Waals surface area contributed by atoms with Crippen LogP contribution in [0.5, 0.6) is 0 Å². The van der Waals surface area contributed by atoms with Crippen LogP contribution in [0, 0.1) is 0 Å². The van der Waals surface area contributed by atoms with Crippen LogP contribution in [0.15, 0.2) is 12.3 Å². The third kappa shape index (κ3) is 3.01. The predicted octanol–water partition coefficient (Wildman–Crippen LogP) is 4.70. The molecule has 0 N–H and O–H groups in total. The molecule has 2 heterocycles. The van der Waals surface area contributed by atoms with Gasteiger partial charge < -0.3 is 4.57 Å². The molecule has 0 aliphatic carbocycles. The molecule has 0 bridgehead atoms. The number of halogens is 2. The van der Waals surface area contributed by atoms with Gasteiger partial charge in [0, 0.05) is 18.0 Å². The summed E-state index contributed by atoms with van der Waals surface area (Å²) in [5.41, 5.74) is 1.68. The first-order valence-electron chi connectivity index (χ1n) is 6.24. The molecule has 0 saturated carbocycles. The number of pyridine rings is 1. The highest BCUT2D eigenvalue weighted by Crippen LogP contribution is 2.30. The van der Waals surface area contributed by atoms with Crippen LogP contribution in [0.3, 0.4) is 0 Å². The lowest BCUT2D eigenvalue weighted by Crippen LogP contribution is -2.15. The molecule has 2 atom stereocenters. The number of imidazole rings is 1. The smallest absolute Gasteiger partial charge is 0.160 e. The monoisotopic (exact) mass is 317 g/mol. The Morgan fingerprint density at radius 1 is 1.47 bits per heavy atom. The second kappa shape index (κ2) is 6.33. The van der Waals surface area contributed by atoms with Gasteiger partial charge in [0.2, 0.25) is 0 Å². The van der Waals surface area contributed by atoms with Crippen molar-refractivity contribution in [2.24, 2.45) is 0 Å². The van der Waals surface area contributed by atoms with E-state index in [4.69, 9.17) is 23.2 Å². The SMILES string of the molecule is CCC(CSC)n1c(C(C)Cl)nc2cc(Cl)cnc21. The second-order valence-corrected chi connectivity index (χ2v) is 6.47. The molecule has 2 aromatic rings. The molecule has 19 heavy (non-hydrogen) atoms. The number of thioether (sulfide) groups is 1. The van der Waals surface area contributed by atoms with Crippen molar-refractivity contribution in [3.63, 3.8) is 0 Å². The van der Waals surface area contributed by atoms with E-state index in [-0.39, 0.29) is 5.38 Å². The molecular formula is C13H17Cl2N3S. The quantitative estimate of drug-likeness (QED) is 0.749. The molecule has 0 aliphatic heterocycles. The van der Waals surface area contributed by atoms with Gasteiger partial charge in [-0.15, -0.1) is 11.6 Å². The van der Waals surface area contributed by atoms with Crippen LogP contribution < -0.4 is 0 Å². The Morgan fingerprint density at radius 3 is 2.79 bits per heavy atom. The standard InChI is InChI=1S/C13H17Cl2N3S/c1-4-10(7-19-3)18-12(8(2)14)17-11-5-9(15)6-16-13(11)18/h5-6,8,10H,4,7H2,1-3H3. The molecule has 0 amide bonds. The number of hydrogen-bond donors (Lipinski definition) is 0. The molecule has 2 rings (SSSR count). The molecule has 0 aromatic carbocycles. The van der Waals surface area contributed by atoms with Crippen molar-refractivity contribution in [1.82, 2.24) is 14.5 Å². The highest BCUT2D eigenvalue weighted by Gasteiger charge is 2.21.